The topological polar surface area (TPSA) is 33.6 Å². The van der Waals surface area contributed by atoms with Crippen molar-refractivity contribution in [3.8, 4) is 0 Å². The van der Waals surface area contributed by atoms with Crippen LogP contribution >= 0.6 is 24.0 Å². The van der Waals surface area contributed by atoms with Gasteiger partial charge in [0.05, 0.1) is 0 Å². The van der Waals surface area contributed by atoms with Crippen molar-refractivity contribution >= 4 is 24.0 Å². The highest BCUT2D eigenvalue weighted by Crippen LogP contribution is 2.10. The van der Waals surface area contributed by atoms with Crippen LogP contribution in [0.2, 0.25) is 0 Å². The van der Waals surface area contributed by atoms with Gasteiger partial charge in [0.2, 0.25) is 0 Å². The van der Waals surface area contributed by atoms with Crippen LogP contribution in [0, 0.1) is 4.77 Å². The van der Waals surface area contributed by atoms with E-state index in [4.69, 9.17) is 12.2 Å². The van der Waals surface area contributed by atoms with Gasteiger partial charge in [-0.15, -0.1) is 0 Å². The van der Waals surface area contributed by atoms with E-state index in [-0.39, 0.29) is 0 Å². The standard InChI is InChI=1S/C7H13N3S2/c1-6(12-2)3-4-10-5-8-9-7(10)11/h5-6H,3-4H2,1-2H3,(H,9,11). The van der Waals surface area contributed by atoms with Gasteiger partial charge in [0, 0.05) is 11.8 Å². The fourth-order valence-electron chi connectivity index (χ4n) is 0.868. The van der Waals surface area contributed by atoms with E-state index in [1.165, 1.54) is 0 Å². The molecular weight excluding hydrogens is 190 g/mol. The second kappa shape index (κ2) is 4.67. The predicted molar refractivity (Wildman–Crippen MR) is 55.0 cm³/mol. The molecule has 3 nitrogen and oxygen atoms in total. The van der Waals surface area contributed by atoms with E-state index in [2.05, 4.69) is 23.4 Å². The van der Waals surface area contributed by atoms with Crippen molar-refractivity contribution < 1.29 is 0 Å². The Labute approximate surface area is 81.6 Å². The highest BCUT2D eigenvalue weighted by Gasteiger charge is 2.00. The van der Waals surface area contributed by atoms with Gasteiger partial charge < -0.3 is 4.57 Å². The number of thioether (sulfide) groups is 1. The van der Waals surface area contributed by atoms with Gasteiger partial charge in [-0.3, -0.25) is 5.10 Å². The molecule has 1 N–H and O–H groups in total. The SMILES string of the molecule is CSC(C)CCn1cn[nH]c1=S. The molecule has 1 aromatic heterocycles. The van der Waals surface area contributed by atoms with Crippen LogP contribution in [-0.2, 0) is 6.54 Å². The lowest BCUT2D eigenvalue weighted by atomic mass is 10.3. The first kappa shape index (κ1) is 9.80. The number of aromatic nitrogens is 3. The molecule has 1 rings (SSSR count). The van der Waals surface area contributed by atoms with E-state index < -0.39 is 0 Å². The van der Waals surface area contributed by atoms with Gasteiger partial charge in [-0.05, 0) is 24.9 Å². The summed E-state index contributed by atoms with van der Waals surface area (Å²) in [6, 6.07) is 0. The van der Waals surface area contributed by atoms with Crippen LogP contribution in [0.25, 0.3) is 0 Å². The first-order valence-electron chi connectivity index (χ1n) is 3.86. The fourth-order valence-corrected chi connectivity index (χ4v) is 1.40. The summed E-state index contributed by atoms with van der Waals surface area (Å²) in [6.07, 6.45) is 5.00. The monoisotopic (exact) mass is 203 g/mol. The van der Waals surface area contributed by atoms with Crippen LogP contribution in [0.3, 0.4) is 0 Å². The van der Waals surface area contributed by atoms with E-state index >= 15 is 0 Å². The maximum absolute atomic E-state index is 5.01. The van der Waals surface area contributed by atoms with E-state index in [0.717, 1.165) is 13.0 Å². The van der Waals surface area contributed by atoms with Crippen LogP contribution in [-0.4, -0.2) is 26.3 Å². The van der Waals surface area contributed by atoms with Crippen molar-refractivity contribution in [3.63, 3.8) is 0 Å². The van der Waals surface area contributed by atoms with Gasteiger partial charge in [-0.1, -0.05) is 6.92 Å². The average molecular weight is 203 g/mol. The van der Waals surface area contributed by atoms with Crippen LogP contribution in [0.15, 0.2) is 6.33 Å². The molecule has 0 aromatic carbocycles. The molecule has 0 aliphatic carbocycles. The summed E-state index contributed by atoms with van der Waals surface area (Å²) < 4.78 is 2.67. The molecule has 0 aliphatic heterocycles. The maximum atomic E-state index is 5.01. The molecular formula is C7H13N3S2. The van der Waals surface area contributed by atoms with E-state index in [9.17, 15) is 0 Å². The molecule has 1 heterocycles. The predicted octanol–water partition coefficient (Wildman–Crippen LogP) is 2.08. The molecule has 0 spiro atoms. The van der Waals surface area contributed by atoms with Gasteiger partial charge in [0.1, 0.15) is 6.33 Å². The van der Waals surface area contributed by atoms with Gasteiger partial charge in [-0.2, -0.15) is 16.9 Å². The third-order valence-corrected chi connectivity index (χ3v) is 3.16. The lowest BCUT2D eigenvalue weighted by molar-refractivity contribution is 0.632. The first-order valence-corrected chi connectivity index (χ1v) is 5.56. The number of aromatic amines is 1. The Morgan fingerprint density at radius 3 is 3.08 bits per heavy atom. The molecule has 5 heteroatoms. The molecule has 0 aliphatic rings. The zero-order valence-electron chi connectivity index (χ0n) is 7.28. The molecule has 0 bridgehead atoms. The molecule has 1 atom stereocenters. The summed E-state index contributed by atoms with van der Waals surface area (Å²) in [5.74, 6) is 0. The number of aryl methyl sites for hydroxylation is 1. The van der Waals surface area contributed by atoms with Crippen molar-refractivity contribution in [2.75, 3.05) is 6.26 Å². The van der Waals surface area contributed by atoms with Gasteiger partial charge in [0.25, 0.3) is 0 Å². The number of rotatable bonds is 4. The second-order valence-electron chi connectivity index (χ2n) is 2.69. The Morgan fingerprint density at radius 1 is 1.83 bits per heavy atom. The maximum Gasteiger partial charge on any atom is 0.194 e. The second-order valence-corrected chi connectivity index (χ2v) is 4.35. The highest BCUT2D eigenvalue weighted by molar-refractivity contribution is 7.99. The Morgan fingerprint density at radius 2 is 2.58 bits per heavy atom. The minimum atomic E-state index is 0.682. The lowest BCUT2D eigenvalue weighted by Crippen LogP contribution is -2.03. The zero-order chi connectivity index (χ0) is 8.97. The molecule has 1 unspecified atom stereocenters. The quantitative estimate of drug-likeness (QED) is 0.761. The van der Waals surface area contributed by atoms with E-state index in [0.29, 0.717) is 10.0 Å². The summed E-state index contributed by atoms with van der Waals surface area (Å²) in [4.78, 5) is 0. The third-order valence-electron chi connectivity index (χ3n) is 1.80. The van der Waals surface area contributed by atoms with E-state index in [1.54, 1.807) is 6.33 Å². The van der Waals surface area contributed by atoms with Gasteiger partial charge in [-0.25, -0.2) is 0 Å². The number of hydrogen-bond acceptors (Lipinski definition) is 3. The van der Waals surface area contributed by atoms with Crippen molar-refractivity contribution in [2.24, 2.45) is 0 Å². The number of nitrogens with one attached hydrogen (secondary N) is 1. The minimum absolute atomic E-state index is 0.682. The van der Waals surface area contributed by atoms with Gasteiger partial charge in [0.15, 0.2) is 4.77 Å². The average Bonchev–Trinajstić information content (AvgIpc) is 2.47. The summed E-state index contributed by atoms with van der Waals surface area (Å²) in [5.41, 5.74) is 0. The Bertz CT molecular complexity index is 278. The third kappa shape index (κ3) is 2.64. The molecule has 0 saturated heterocycles. The Hall–Kier alpha value is -0.290. The molecule has 0 fully saturated rings. The van der Waals surface area contributed by atoms with Crippen LogP contribution < -0.4 is 0 Å². The lowest BCUT2D eigenvalue weighted by Gasteiger charge is -2.06. The summed E-state index contributed by atoms with van der Waals surface area (Å²) in [5, 5.41) is 7.27. The Kier molecular flexibility index (Phi) is 3.81. The number of hydrogen-bond donors (Lipinski definition) is 1. The van der Waals surface area contributed by atoms with E-state index in [1.807, 2.05) is 16.3 Å². The summed E-state index contributed by atoms with van der Waals surface area (Å²) in [7, 11) is 0. The smallest absolute Gasteiger partial charge is 0.194 e. The molecule has 68 valence electrons. The summed E-state index contributed by atoms with van der Waals surface area (Å²) in [6.45, 7) is 3.17. The van der Waals surface area contributed by atoms with Gasteiger partial charge >= 0.3 is 0 Å². The Balaban J connectivity index is 2.43. The fraction of sp³-hybridized carbons (Fsp3) is 0.714. The number of H-pyrrole nitrogens is 1. The highest BCUT2D eigenvalue weighted by atomic mass is 32.2. The number of nitrogens with zero attached hydrogens (tertiary/aromatic N) is 2. The first-order chi connectivity index (χ1) is 5.74. The van der Waals surface area contributed by atoms with Crippen LogP contribution in [0.4, 0.5) is 0 Å². The molecule has 0 amide bonds. The normalized spacial score (nSPS) is 13.2. The molecule has 0 saturated carbocycles. The zero-order valence-corrected chi connectivity index (χ0v) is 8.91. The largest absolute Gasteiger partial charge is 0.307 e. The molecule has 1 aromatic rings. The van der Waals surface area contributed by atoms with Crippen molar-refractivity contribution in [1.29, 1.82) is 0 Å². The van der Waals surface area contributed by atoms with Crippen molar-refractivity contribution in [3.05, 3.63) is 11.1 Å². The molecule has 0 radical (unpaired) electrons. The summed E-state index contributed by atoms with van der Waals surface area (Å²) >= 11 is 6.89. The van der Waals surface area contributed by atoms with Crippen molar-refractivity contribution in [2.45, 2.75) is 25.1 Å². The van der Waals surface area contributed by atoms with Crippen LogP contribution in [0.1, 0.15) is 13.3 Å². The minimum Gasteiger partial charge on any atom is -0.307 e. The molecule has 12 heavy (non-hydrogen) atoms. The van der Waals surface area contributed by atoms with Crippen molar-refractivity contribution in [1.82, 2.24) is 14.8 Å². The van der Waals surface area contributed by atoms with Crippen LogP contribution in [0.5, 0.6) is 0 Å².